The number of nitrogens with zero attached hydrogens (tertiary/aromatic N) is 3. The molecule has 100 valence electrons. The quantitative estimate of drug-likeness (QED) is 0.787. The van der Waals surface area contributed by atoms with E-state index in [0.717, 1.165) is 23.6 Å². The molecule has 0 amide bonds. The van der Waals surface area contributed by atoms with E-state index in [1.54, 1.807) is 12.5 Å². The Bertz CT molecular complexity index is 672. The molecule has 1 aromatic carbocycles. The zero-order valence-electron chi connectivity index (χ0n) is 11.3. The van der Waals surface area contributed by atoms with Crippen molar-refractivity contribution in [2.45, 2.75) is 13.5 Å². The standard InChI is InChI=1S/C16H16N4/c1-13-10-15(6-7-18-13)19-11-14-2-4-16(5-3-14)20-9-8-17-12-20/h2-10,12H,11H2,1H3,(H,18,19). The first-order valence-electron chi connectivity index (χ1n) is 6.55. The van der Waals surface area contributed by atoms with Crippen LogP contribution in [0.5, 0.6) is 0 Å². The van der Waals surface area contributed by atoms with Gasteiger partial charge in [0.25, 0.3) is 0 Å². The minimum Gasteiger partial charge on any atom is -0.381 e. The van der Waals surface area contributed by atoms with Gasteiger partial charge in [-0.1, -0.05) is 12.1 Å². The van der Waals surface area contributed by atoms with Gasteiger partial charge in [0.15, 0.2) is 0 Å². The van der Waals surface area contributed by atoms with Crippen LogP contribution in [0, 0.1) is 6.92 Å². The Morgan fingerprint density at radius 3 is 2.65 bits per heavy atom. The zero-order valence-corrected chi connectivity index (χ0v) is 11.3. The second kappa shape index (κ2) is 5.57. The van der Waals surface area contributed by atoms with Gasteiger partial charge in [0, 0.05) is 42.2 Å². The van der Waals surface area contributed by atoms with Gasteiger partial charge >= 0.3 is 0 Å². The average molecular weight is 264 g/mol. The number of benzene rings is 1. The molecule has 20 heavy (non-hydrogen) atoms. The number of aromatic nitrogens is 3. The van der Waals surface area contributed by atoms with Crippen molar-refractivity contribution in [3.05, 3.63) is 72.6 Å². The van der Waals surface area contributed by atoms with Crippen molar-refractivity contribution in [2.24, 2.45) is 0 Å². The van der Waals surface area contributed by atoms with Gasteiger partial charge in [0.05, 0.1) is 6.33 Å². The van der Waals surface area contributed by atoms with Crippen molar-refractivity contribution in [3.63, 3.8) is 0 Å². The first-order chi connectivity index (χ1) is 9.81. The number of aryl methyl sites for hydroxylation is 1. The number of imidazole rings is 1. The minimum absolute atomic E-state index is 0.799. The van der Waals surface area contributed by atoms with Crippen molar-refractivity contribution in [3.8, 4) is 5.69 Å². The topological polar surface area (TPSA) is 42.7 Å². The van der Waals surface area contributed by atoms with Crippen LogP contribution >= 0.6 is 0 Å². The van der Waals surface area contributed by atoms with Crippen LogP contribution in [-0.4, -0.2) is 14.5 Å². The molecule has 0 fully saturated rings. The summed E-state index contributed by atoms with van der Waals surface area (Å²) in [6, 6.07) is 12.5. The third kappa shape index (κ3) is 2.85. The maximum absolute atomic E-state index is 4.19. The fourth-order valence-corrected chi connectivity index (χ4v) is 2.06. The summed E-state index contributed by atoms with van der Waals surface area (Å²) in [5, 5.41) is 3.40. The van der Waals surface area contributed by atoms with E-state index in [-0.39, 0.29) is 0 Å². The highest BCUT2D eigenvalue weighted by atomic mass is 15.0. The van der Waals surface area contributed by atoms with Gasteiger partial charge in [0.2, 0.25) is 0 Å². The highest BCUT2D eigenvalue weighted by Gasteiger charge is 1.98. The Hall–Kier alpha value is -2.62. The van der Waals surface area contributed by atoms with E-state index < -0.39 is 0 Å². The van der Waals surface area contributed by atoms with Crippen LogP contribution in [0.4, 0.5) is 5.69 Å². The van der Waals surface area contributed by atoms with E-state index >= 15 is 0 Å². The third-order valence-corrected chi connectivity index (χ3v) is 3.13. The molecule has 0 spiro atoms. The van der Waals surface area contributed by atoms with Gasteiger partial charge in [-0.25, -0.2) is 4.98 Å². The molecular weight excluding hydrogens is 248 g/mol. The lowest BCUT2D eigenvalue weighted by molar-refractivity contribution is 1.05. The van der Waals surface area contributed by atoms with Crippen molar-refractivity contribution < 1.29 is 0 Å². The molecule has 0 aliphatic carbocycles. The normalized spacial score (nSPS) is 10.4. The maximum atomic E-state index is 4.19. The van der Waals surface area contributed by atoms with E-state index in [1.807, 2.05) is 36.0 Å². The number of pyridine rings is 1. The second-order valence-corrected chi connectivity index (χ2v) is 4.68. The Morgan fingerprint density at radius 2 is 1.95 bits per heavy atom. The van der Waals surface area contributed by atoms with Gasteiger partial charge < -0.3 is 9.88 Å². The molecule has 0 saturated heterocycles. The molecule has 0 aliphatic heterocycles. The van der Waals surface area contributed by atoms with E-state index in [9.17, 15) is 0 Å². The summed E-state index contributed by atoms with van der Waals surface area (Å²) in [6.07, 6.45) is 7.33. The highest BCUT2D eigenvalue weighted by molar-refractivity contribution is 5.44. The molecule has 2 heterocycles. The summed E-state index contributed by atoms with van der Waals surface area (Å²) >= 11 is 0. The predicted molar refractivity (Wildman–Crippen MR) is 79.9 cm³/mol. The molecule has 1 N–H and O–H groups in total. The summed E-state index contributed by atoms with van der Waals surface area (Å²) in [7, 11) is 0. The van der Waals surface area contributed by atoms with Crippen LogP contribution < -0.4 is 5.32 Å². The summed E-state index contributed by atoms with van der Waals surface area (Å²) < 4.78 is 1.99. The molecule has 0 aliphatic rings. The van der Waals surface area contributed by atoms with Crippen LogP contribution in [0.25, 0.3) is 5.69 Å². The van der Waals surface area contributed by atoms with Crippen LogP contribution in [0.15, 0.2) is 61.3 Å². The first-order valence-corrected chi connectivity index (χ1v) is 6.55. The lowest BCUT2D eigenvalue weighted by Crippen LogP contribution is -2.00. The first kappa shape index (κ1) is 12.4. The molecule has 2 aromatic heterocycles. The third-order valence-electron chi connectivity index (χ3n) is 3.13. The maximum Gasteiger partial charge on any atom is 0.0991 e. The molecule has 0 unspecified atom stereocenters. The Kier molecular flexibility index (Phi) is 3.46. The molecule has 0 atom stereocenters. The van der Waals surface area contributed by atoms with Gasteiger partial charge in [-0.2, -0.15) is 0 Å². The number of hydrogen-bond acceptors (Lipinski definition) is 3. The average Bonchev–Trinajstić information content (AvgIpc) is 3.00. The van der Waals surface area contributed by atoms with Gasteiger partial charge in [-0.15, -0.1) is 0 Å². The summed E-state index contributed by atoms with van der Waals surface area (Å²) in [5.41, 5.74) is 4.47. The molecule has 4 heteroatoms. The van der Waals surface area contributed by atoms with Crippen molar-refractivity contribution >= 4 is 5.69 Å². The van der Waals surface area contributed by atoms with E-state index in [2.05, 4.69) is 39.6 Å². The lowest BCUT2D eigenvalue weighted by Gasteiger charge is -2.08. The molecule has 4 nitrogen and oxygen atoms in total. The fraction of sp³-hybridized carbons (Fsp3) is 0.125. The monoisotopic (exact) mass is 264 g/mol. The number of nitrogens with one attached hydrogen (secondary N) is 1. The second-order valence-electron chi connectivity index (χ2n) is 4.68. The predicted octanol–water partition coefficient (Wildman–Crippen LogP) is 3.19. The van der Waals surface area contributed by atoms with Crippen LogP contribution in [0.2, 0.25) is 0 Å². The highest BCUT2D eigenvalue weighted by Crippen LogP contribution is 2.12. The Balaban J connectivity index is 1.67. The van der Waals surface area contributed by atoms with E-state index in [0.29, 0.717) is 0 Å². The molecule has 3 aromatic rings. The number of hydrogen-bond donors (Lipinski definition) is 1. The summed E-state index contributed by atoms with van der Waals surface area (Å²) in [6.45, 7) is 2.79. The minimum atomic E-state index is 0.799. The zero-order chi connectivity index (χ0) is 13.8. The Morgan fingerprint density at radius 1 is 1.10 bits per heavy atom. The van der Waals surface area contributed by atoms with Crippen LogP contribution in [-0.2, 0) is 6.54 Å². The van der Waals surface area contributed by atoms with Crippen molar-refractivity contribution in [2.75, 3.05) is 5.32 Å². The molecule has 0 radical (unpaired) electrons. The number of rotatable bonds is 4. The largest absolute Gasteiger partial charge is 0.381 e. The summed E-state index contributed by atoms with van der Waals surface area (Å²) in [4.78, 5) is 8.24. The summed E-state index contributed by atoms with van der Waals surface area (Å²) in [5.74, 6) is 0. The molecule has 0 saturated carbocycles. The number of anilines is 1. The van der Waals surface area contributed by atoms with E-state index in [4.69, 9.17) is 0 Å². The van der Waals surface area contributed by atoms with Crippen LogP contribution in [0.1, 0.15) is 11.3 Å². The van der Waals surface area contributed by atoms with Gasteiger partial charge in [0.1, 0.15) is 0 Å². The molecule has 3 rings (SSSR count). The van der Waals surface area contributed by atoms with Gasteiger partial charge in [-0.3, -0.25) is 4.98 Å². The fourth-order valence-electron chi connectivity index (χ4n) is 2.06. The molecular formula is C16H16N4. The SMILES string of the molecule is Cc1cc(NCc2ccc(-n3ccnc3)cc2)ccn1. The molecule has 0 bridgehead atoms. The smallest absolute Gasteiger partial charge is 0.0991 e. The van der Waals surface area contributed by atoms with Crippen molar-refractivity contribution in [1.82, 2.24) is 14.5 Å². The van der Waals surface area contributed by atoms with Crippen LogP contribution in [0.3, 0.4) is 0 Å². The Labute approximate surface area is 118 Å². The lowest BCUT2D eigenvalue weighted by atomic mass is 10.2. The van der Waals surface area contributed by atoms with Gasteiger partial charge in [-0.05, 0) is 36.8 Å². The van der Waals surface area contributed by atoms with E-state index in [1.165, 1.54) is 5.56 Å². The van der Waals surface area contributed by atoms with Crippen molar-refractivity contribution in [1.29, 1.82) is 0 Å².